The van der Waals surface area contributed by atoms with Gasteiger partial charge in [-0.15, -0.1) is 0 Å². The van der Waals surface area contributed by atoms with Crippen LogP contribution in [0.1, 0.15) is 23.2 Å². The van der Waals surface area contributed by atoms with E-state index in [1.807, 2.05) is 0 Å². The first-order valence-corrected chi connectivity index (χ1v) is 11.1. The molecule has 3 rings (SSSR count). The van der Waals surface area contributed by atoms with Gasteiger partial charge in [-0.05, 0) is 31.0 Å². The molecule has 2 N–H and O–H groups in total. The molecule has 0 bridgehead atoms. The molecule has 0 aromatic heterocycles. The smallest absolute Gasteiger partial charge is 0.254 e. The van der Waals surface area contributed by atoms with Gasteiger partial charge in [-0.1, -0.05) is 6.07 Å². The number of nitrogens with one attached hydrogen (secondary N) is 2. The number of piperidine rings is 1. The topological polar surface area (TPSA) is 116 Å². The summed E-state index contributed by atoms with van der Waals surface area (Å²) in [5.41, 5.74) is 0.0611. The Morgan fingerprint density at radius 2 is 2.03 bits per heavy atom. The molecule has 2 aliphatic rings. The summed E-state index contributed by atoms with van der Waals surface area (Å²) in [6.07, 6.45) is 2.18. The Morgan fingerprint density at radius 3 is 2.69 bits per heavy atom. The lowest BCUT2D eigenvalue weighted by molar-refractivity contribution is -0.133. The van der Waals surface area contributed by atoms with Crippen molar-refractivity contribution >= 4 is 27.7 Å². The van der Waals surface area contributed by atoms with Gasteiger partial charge in [0, 0.05) is 31.7 Å². The molecule has 0 saturated carbocycles. The van der Waals surface area contributed by atoms with Crippen molar-refractivity contribution in [3.05, 3.63) is 35.6 Å². The maximum absolute atomic E-state index is 13.5. The van der Waals surface area contributed by atoms with Crippen molar-refractivity contribution in [3.63, 3.8) is 0 Å². The molecule has 11 heteroatoms. The molecular weight excluding hydrogens is 403 g/mol. The Bertz CT molecular complexity index is 923. The van der Waals surface area contributed by atoms with Crippen LogP contribution in [0.25, 0.3) is 0 Å². The van der Waals surface area contributed by atoms with Crippen molar-refractivity contribution in [1.29, 1.82) is 0 Å². The summed E-state index contributed by atoms with van der Waals surface area (Å²) in [4.78, 5) is 39.0. The maximum atomic E-state index is 13.5. The van der Waals surface area contributed by atoms with E-state index in [1.54, 1.807) is 0 Å². The Labute approximate surface area is 168 Å². The van der Waals surface area contributed by atoms with Gasteiger partial charge >= 0.3 is 0 Å². The SMILES string of the molecule is CS(=O)(=O)N1CCN(C(=O)c2cccc(F)c2)[C@H](C(=O)N[C@H]2CCCNC2=O)C1. The van der Waals surface area contributed by atoms with Crippen molar-refractivity contribution < 1.29 is 27.2 Å². The lowest BCUT2D eigenvalue weighted by Gasteiger charge is -2.40. The van der Waals surface area contributed by atoms with Gasteiger partial charge < -0.3 is 15.5 Å². The van der Waals surface area contributed by atoms with Crippen LogP contribution in [0.15, 0.2) is 24.3 Å². The van der Waals surface area contributed by atoms with Gasteiger partial charge in [0.2, 0.25) is 21.8 Å². The fourth-order valence-electron chi connectivity index (χ4n) is 3.49. The van der Waals surface area contributed by atoms with Crippen molar-refractivity contribution in [2.75, 3.05) is 32.4 Å². The monoisotopic (exact) mass is 426 g/mol. The average molecular weight is 426 g/mol. The van der Waals surface area contributed by atoms with Crippen LogP contribution in [-0.2, 0) is 19.6 Å². The highest BCUT2D eigenvalue weighted by Gasteiger charge is 2.39. The van der Waals surface area contributed by atoms with Crippen LogP contribution >= 0.6 is 0 Å². The largest absolute Gasteiger partial charge is 0.354 e. The van der Waals surface area contributed by atoms with Gasteiger partial charge in [0.1, 0.15) is 17.9 Å². The molecular formula is C18H23FN4O5S. The zero-order chi connectivity index (χ0) is 21.2. The van der Waals surface area contributed by atoms with E-state index in [1.165, 1.54) is 23.1 Å². The van der Waals surface area contributed by atoms with E-state index in [4.69, 9.17) is 0 Å². The molecule has 9 nitrogen and oxygen atoms in total. The molecule has 2 atom stereocenters. The quantitative estimate of drug-likeness (QED) is 0.661. The van der Waals surface area contributed by atoms with Gasteiger partial charge in [-0.25, -0.2) is 12.8 Å². The molecule has 2 aliphatic heterocycles. The van der Waals surface area contributed by atoms with Crippen LogP contribution in [0, 0.1) is 5.82 Å². The fourth-order valence-corrected chi connectivity index (χ4v) is 4.32. The molecule has 29 heavy (non-hydrogen) atoms. The van der Waals surface area contributed by atoms with E-state index < -0.39 is 39.7 Å². The maximum Gasteiger partial charge on any atom is 0.254 e. The second-order valence-electron chi connectivity index (χ2n) is 7.14. The molecule has 1 aromatic carbocycles. The molecule has 0 spiro atoms. The Hall–Kier alpha value is -2.53. The number of benzene rings is 1. The van der Waals surface area contributed by atoms with Crippen molar-refractivity contribution in [2.24, 2.45) is 0 Å². The molecule has 2 fully saturated rings. The van der Waals surface area contributed by atoms with Crippen molar-refractivity contribution in [2.45, 2.75) is 24.9 Å². The summed E-state index contributed by atoms with van der Waals surface area (Å²) < 4.78 is 38.6. The zero-order valence-electron chi connectivity index (χ0n) is 15.9. The number of hydrogen-bond acceptors (Lipinski definition) is 5. The number of hydrogen-bond donors (Lipinski definition) is 2. The van der Waals surface area contributed by atoms with E-state index in [9.17, 15) is 27.2 Å². The molecule has 158 valence electrons. The molecule has 0 aliphatic carbocycles. The first-order chi connectivity index (χ1) is 13.7. The first kappa shape index (κ1) is 21.2. The van der Waals surface area contributed by atoms with Gasteiger partial charge in [-0.3, -0.25) is 14.4 Å². The second-order valence-corrected chi connectivity index (χ2v) is 9.12. The molecule has 2 saturated heterocycles. The highest BCUT2D eigenvalue weighted by molar-refractivity contribution is 7.88. The molecule has 0 unspecified atom stereocenters. The minimum Gasteiger partial charge on any atom is -0.354 e. The summed E-state index contributed by atoms with van der Waals surface area (Å²) in [6.45, 7) is 0.283. The lowest BCUT2D eigenvalue weighted by atomic mass is 10.0. The number of amides is 3. The number of piperazine rings is 1. The van der Waals surface area contributed by atoms with Crippen molar-refractivity contribution in [3.8, 4) is 0 Å². The summed E-state index contributed by atoms with van der Waals surface area (Å²) >= 11 is 0. The zero-order valence-corrected chi connectivity index (χ0v) is 16.7. The van der Waals surface area contributed by atoms with E-state index in [0.29, 0.717) is 19.4 Å². The number of nitrogens with zero attached hydrogens (tertiary/aromatic N) is 2. The molecule has 1 aromatic rings. The third kappa shape index (κ3) is 4.91. The predicted octanol–water partition coefficient (Wildman–Crippen LogP) is -0.693. The Kier molecular flexibility index (Phi) is 6.18. The Morgan fingerprint density at radius 1 is 1.28 bits per heavy atom. The fraction of sp³-hybridized carbons (Fsp3) is 0.500. The number of sulfonamides is 1. The standard InChI is InChI=1S/C18H23FN4O5S/c1-29(27,28)22-8-9-23(18(26)12-4-2-5-13(19)10-12)15(11-22)17(25)21-14-6-3-7-20-16(14)24/h2,4-5,10,14-15H,3,6-9,11H2,1H3,(H,20,24)(H,21,25)/t14-,15-/m0/s1. The number of halogens is 1. The molecule has 3 amide bonds. The highest BCUT2D eigenvalue weighted by atomic mass is 32.2. The third-order valence-corrected chi connectivity index (χ3v) is 6.32. The predicted molar refractivity (Wildman–Crippen MR) is 102 cm³/mol. The number of carbonyl (C=O) groups is 3. The van der Waals surface area contributed by atoms with Gasteiger partial charge in [0.15, 0.2) is 0 Å². The van der Waals surface area contributed by atoms with E-state index >= 15 is 0 Å². The molecule has 0 radical (unpaired) electrons. The van der Waals surface area contributed by atoms with E-state index in [0.717, 1.165) is 16.6 Å². The number of rotatable bonds is 4. The summed E-state index contributed by atoms with van der Waals surface area (Å²) in [6, 6.07) is 3.20. The van der Waals surface area contributed by atoms with Crippen LogP contribution in [0.3, 0.4) is 0 Å². The van der Waals surface area contributed by atoms with Crippen LogP contribution in [0.2, 0.25) is 0 Å². The van der Waals surface area contributed by atoms with Crippen molar-refractivity contribution in [1.82, 2.24) is 19.8 Å². The summed E-state index contributed by atoms with van der Waals surface area (Å²) in [5, 5.41) is 5.27. The van der Waals surface area contributed by atoms with Gasteiger partial charge in [-0.2, -0.15) is 4.31 Å². The summed E-state index contributed by atoms with van der Waals surface area (Å²) in [5.74, 6) is -2.11. The third-order valence-electron chi connectivity index (χ3n) is 5.05. The first-order valence-electron chi connectivity index (χ1n) is 9.26. The van der Waals surface area contributed by atoms with Crippen LogP contribution in [-0.4, -0.2) is 79.9 Å². The summed E-state index contributed by atoms with van der Waals surface area (Å²) in [7, 11) is -3.58. The van der Waals surface area contributed by atoms with Gasteiger partial charge in [0.05, 0.1) is 6.26 Å². The van der Waals surface area contributed by atoms with Crippen LogP contribution < -0.4 is 10.6 Å². The van der Waals surface area contributed by atoms with Crippen LogP contribution in [0.5, 0.6) is 0 Å². The van der Waals surface area contributed by atoms with Crippen LogP contribution in [0.4, 0.5) is 4.39 Å². The molecule has 2 heterocycles. The average Bonchev–Trinajstić information content (AvgIpc) is 2.68. The van der Waals surface area contributed by atoms with E-state index in [-0.39, 0.29) is 31.1 Å². The minimum atomic E-state index is -3.58. The Balaban J connectivity index is 1.84. The highest BCUT2D eigenvalue weighted by Crippen LogP contribution is 2.18. The lowest BCUT2D eigenvalue weighted by Crippen LogP contribution is -2.63. The normalized spacial score (nSPS) is 23.4. The number of carbonyl (C=O) groups excluding carboxylic acids is 3. The second kappa shape index (κ2) is 8.46. The minimum absolute atomic E-state index is 0.0214. The van der Waals surface area contributed by atoms with E-state index in [2.05, 4.69) is 10.6 Å². The van der Waals surface area contributed by atoms with Gasteiger partial charge in [0.25, 0.3) is 5.91 Å².